The molecule has 0 radical (unpaired) electrons. The molecule has 2 aliphatic rings. The number of pyridine rings is 1. The largest absolute Gasteiger partial charge is 0.463 e. The molecule has 2 fully saturated rings. The van der Waals surface area contributed by atoms with Crippen LogP contribution in [0.25, 0.3) is 22.6 Å². The molecule has 3 heterocycles. The average molecular weight is 337 g/mol. The number of furan rings is 1. The van der Waals surface area contributed by atoms with Crippen LogP contribution in [0.1, 0.15) is 54.6 Å². The van der Waals surface area contributed by atoms with Crippen molar-refractivity contribution in [2.75, 3.05) is 0 Å². The highest BCUT2D eigenvalue weighted by Gasteiger charge is 2.32. The van der Waals surface area contributed by atoms with Crippen molar-refractivity contribution in [3.05, 3.63) is 35.7 Å². The molecule has 128 valence electrons. The molecule has 0 bridgehead atoms. The molecule has 3 aromatic rings. The second-order valence-corrected chi connectivity index (χ2v) is 7.16. The number of nitrogens with one attached hydrogen (secondary N) is 1. The zero-order valence-electron chi connectivity index (χ0n) is 14.0. The first kappa shape index (κ1) is 14.7. The molecule has 0 unspecified atom stereocenters. The third-order valence-electron chi connectivity index (χ3n) is 5.15. The Labute approximate surface area is 144 Å². The van der Waals surface area contributed by atoms with Gasteiger partial charge >= 0.3 is 0 Å². The van der Waals surface area contributed by atoms with Gasteiger partial charge in [0.25, 0.3) is 11.6 Å². The minimum absolute atomic E-state index is 0.0929. The maximum absolute atomic E-state index is 13.0. The number of hydrogen-bond donors (Lipinski definition) is 1. The number of fused-ring (bicyclic) bond motifs is 1. The summed E-state index contributed by atoms with van der Waals surface area (Å²) in [6, 6.07) is 5.67. The van der Waals surface area contributed by atoms with E-state index in [4.69, 9.17) is 8.94 Å². The van der Waals surface area contributed by atoms with Crippen LogP contribution in [0.5, 0.6) is 0 Å². The quantitative estimate of drug-likeness (QED) is 0.764. The molecular formula is C19H19N3O3. The summed E-state index contributed by atoms with van der Waals surface area (Å²) in [6.07, 6.45) is 6.17. The smallest absolute Gasteiger partial charge is 0.259 e. The van der Waals surface area contributed by atoms with Crippen molar-refractivity contribution >= 4 is 17.0 Å². The number of nitrogens with zero attached hydrogens (tertiary/aromatic N) is 2. The van der Waals surface area contributed by atoms with Crippen LogP contribution in [0.15, 0.2) is 33.4 Å². The number of amides is 1. The van der Waals surface area contributed by atoms with Gasteiger partial charge in [-0.05, 0) is 56.7 Å². The standard InChI is InChI=1S/C19H19N3O3/c1-10(11-4-5-11)20-18(23)13-9-14(12-6-7-12)21-19-16(13)17(22-25-19)15-3-2-8-24-15/h2-3,8-12H,4-7H2,1H3,(H,20,23)/t10-/m0/s1. The van der Waals surface area contributed by atoms with Crippen molar-refractivity contribution < 1.29 is 13.7 Å². The maximum Gasteiger partial charge on any atom is 0.259 e. The van der Waals surface area contributed by atoms with E-state index in [-0.39, 0.29) is 11.9 Å². The van der Waals surface area contributed by atoms with Gasteiger partial charge in [0.2, 0.25) is 0 Å². The van der Waals surface area contributed by atoms with Crippen molar-refractivity contribution in [2.45, 2.75) is 44.6 Å². The third kappa shape index (κ3) is 2.62. The lowest BCUT2D eigenvalue weighted by Gasteiger charge is -2.13. The molecule has 6 nitrogen and oxygen atoms in total. The van der Waals surface area contributed by atoms with E-state index in [2.05, 4.69) is 22.4 Å². The van der Waals surface area contributed by atoms with Crippen molar-refractivity contribution in [1.82, 2.24) is 15.5 Å². The van der Waals surface area contributed by atoms with Crippen molar-refractivity contribution in [1.29, 1.82) is 0 Å². The molecule has 1 atom stereocenters. The van der Waals surface area contributed by atoms with Crippen LogP contribution in [0.4, 0.5) is 0 Å². The van der Waals surface area contributed by atoms with Crippen LogP contribution < -0.4 is 5.32 Å². The highest BCUT2D eigenvalue weighted by Crippen LogP contribution is 2.41. The molecule has 0 aliphatic heterocycles. The minimum atomic E-state index is -0.0929. The Balaban J connectivity index is 1.62. The summed E-state index contributed by atoms with van der Waals surface area (Å²) in [6.45, 7) is 2.07. The summed E-state index contributed by atoms with van der Waals surface area (Å²) in [7, 11) is 0. The number of rotatable bonds is 5. The molecule has 2 saturated carbocycles. The zero-order valence-corrected chi connectivity index (χ0v) is 14.0. The van der Waals surface area contributed by atoms with E-state index in [0.29, 0.717) is 40.0 Å². The van der Waals surface area contributed by atoms with Gasteiger partial charge < -0.3 is 14.3 Å². The van der Waals surface area contributed by atoms with Gasteiger partial charge in [0.15, 0.2) is 11.5 Å². The van der Waals surface area contributed by atoms with E-state index in [1.807, 2.05) is 6.07 Å². The van der Waals surface area contributed by atoms with Crippen LogP contribution in [0.3, 0.4) is 0 Å². The summed E-state index contributed by atoms with van der Waals surface area (Å²) in [4.78, 5) is 17.6. The summed E-state index contributed by atoms with van der Waals surface area (Å²) >= 11 is 0. The number of carbonyl (C=O) groups excluding carboxylic acids is 1. The monoisotopic (exact) mass is 337 g/mol. The van der Waals surface area contributed by atoms with E-state index in [1.54, 1.807) is 18.4 Å². The van der Waals surface area contributed by atoms with Gasteiger partial charge in [-0.15, -0.1) is 0 Å². The van der Waals surface area contributed by atoms with Crippen LogP contribution >= 0.6 is 0 Å². The third-order valence-corrected chi connectivity index (χ3v) is 5.15. The summed E-state index contributed by atoms with van der Waals surface area (Å²) in [5.74, 6) is 1.50. The van der Waals surface area contributed by atoms with Crippen LogP contribution in [-0.2, 0) is 0 Å². The summed E-state index contributed by atoms with van der Waals surface area (Å²) in [5, 5.41) is 7.87. The number of aromatic nitrogens is 2. The normalized spacial score (nSPS) is 18.4. The predicted octanol–water partition coefficient (Wildman–Crippen LogP) is 3.89. The van der Waals surface area contributed by atoms with Crippen LogP contribution in [0, 0.1) is 5.92 Å². The molecule has 5 rings (SSSR count). The minimum Gasteiger partial charge on any atom is -0.463 e. The lowest BCUT2D eigenvalue weighted by atomic mass is 10.1. The van der Waals surface area contributed by atoms with E-state index in [9.17, 15) is 4.79 Å². The molecule has 2 aliphatic carbocycles. The number of carbonyl (C=O) groups is 1. The fourth-order valence-corrected chi connectivity index (χ4v) is 3.32. The zero-order chi connectivity index (χ0) is 17.0. The van der Waals surface area contributed by atoms with E-state index in [0.717, 1.165) is 18.5 Å². The first-order chi connectivity index (χ1) is 12.2. The highest BCUT2D eigenvalue weighted by atomic mass is 16.5. The maximum atomic E-state index is 13.0. The molecule has 1 N–H and O–H groups in total. The second kappa shape index (κ2) is 5.44. The molecule has 3 aromatic heterocycles. The fraction of sp³-hybridized carbons (Fsp3) is 0.421. The molecule has 0 spiro atoms. The van der Waals surface area contributed by atoms with Gasteiger partial charge in [0, 0.05) is 17.7 Å². The average Bonchev–Trinajstić information content (AvgIpc) is 3.53. The SMILES string of the molecule is C[C@H](NC(=O)c1cc(C2CC2)nc2onc(-c3ccco3)c12)C1CC1. The van der Waals surface area contributed by atoms with Crippen molar-refractivity contribution in [3.8, 4) is 11.5 Å². The Hall–Kier alpha value is -2.63. The lowest BCUT2D eigenvalue weighted by molar-refractivity contribution is 0.0937. The fourth-order valence-electron chi connectivity index (χ4n) is 3.32. The molecule has 0 aromatic carbocycles. The first-order valence-electron chi connectivity index (χ1n) is 8.86. The number of hydrogen-bond acceptors (Lipinski definition) is 5. The van der Waals surface area contributed by atoms with Gasteiger partial charge in [-0.3, -0.25) is 4.79 Å². The van der Waals surface area contributed by atoms with Crippen LogP contribution in [-0.4, -0.2) is 22.1 Å². The Morgan fingerprint density at radius 2 is 2.16 bits per heavy atom. The van der Waals surface area contributed by atoms with Gasteiger partial charge in [0.1, 0.15) is 0 Å². The topological polar surface area (TPSA) is 81.2 Å². The van der Waals surface area contributed by atoms with Crippen molar-refractivity contribution in [3.63, 3.8) is 0 Å². The lowest BCUT2D eigenvalue weighted by Crippen LogP contribution is -2.34. The summed E-state index contributed by atoms with van der Waals surface area (Å²) in [5.41, 5.74) is 2.42. The van der Waals surface area contributed by atoms with Crippen LogP contribution in [0.2, 0.25) is 0 Å². The predicted molar refractivity (Wildman–Crippen MR) is 91.1 cm³/mol. The van der Waals surface area contributed by atoms with Crippen molar-refractivity contribution in [2.24, 2.45) is 5.92 Å². The van der Waals surface area contributed by atoms with E-state index in [1.165, 1.54) is 12.8 Å². The molecule has 0 saturated heterocycles. The van der Waals surface area contributed by atoms with E-state index < -0.39 is 0 Å². The summed E-state index contributed by atoms with van der Waals surface area (Å²) < 4.78 is 10.9. The Kier molecular flexibility index (Phi) is 3.20. The van der Waals surface area contributed by atoms with Gasteiger partial charge in [-0.2, -0.15) is 0 Å². The molecule has 1 amide bonds. The molecular weight excluding hydrogens is 318 g/mol. The van der Waals surface area contributed by atoms with Gasteiger partial charge in [-0.25, -0.2) is 4.98 Å². The molecule has 25 heavy (non-hydrogen) atoms. The van der Waals surface area contributed by atoms with Gasteiger partial charge in [-0.1, -0.05) is 5.16 Å². The van der Waals surface area contributed by atoms with Gasteiger partial charge in [0.05, 0.1) is 17.2 Å². The first-order valence-corrected chi connectivity index (χ1v) is 8.86. The van der Waals surface area contributed by atoms with E-state index >= 15 is 0 Å². The molecule has 6 heteroatoms. The Morgan fingerprint density at radius 3 is 2.84 bits per heavy atom. The Morgan fingerprint density at radius 1 is 1.32 bits per heavy atom. The highest BCUT2D eigenvalue weighted by molar-refractivity contribution is 6.09. The Bertz CT molecular complexity index is 936. The second-order valence-electron chi connectivity index (χ2n) is 7.16.